The Kier molecular flexibility index (Phi) is 3.54. The molecule has 0 radical (unpaired) electrons. The minimum Gasteiger partial charge on any atom is -0.330 e. The van der Waals surface area contributed by atoms with Crippen molar-refractivity contribution < 1.29 is 18.0 Å². The van der Waals surface area contributed by atoms with E-state index in [1.165, 1.54) is 17.9 Å². The molecule has 0 saturated heterocycles. The summed E-state index contributed by atoms with van der Waals surface area (Å²) in [5.41, 5.74) is 5.36. The number of amides is 1. The Morgan fingerprint density at radius 3 is 2.68 bits per heavy atom. The first kappa shape index (κ1) is 13.9. The number of hydrogen-bond donors (Lipinski definition) is 1. The van der Waals surface area contributed by atoms with E-state index < -0.39 is 17.6 Å². The maximum absolute atomic E-state index is 13.0. The summed E-state index contributed by atoms with van der Waals surface area (Å²) in [7, 11) is 0. The molecule has 0 aromatic heterocycles. The fourth-order valence-electron chi connectivity index (χ4n) is 2.47. The van der Waals surface area contributed by atoms with Gasteiger partial charge in [0.1, 0.15) is 0 Å². The monoisotopic (exact) mass is 272 g/mol. The Bertz CT molecular complexity index is 499. The number of anilines is 1. The largest absolute Gasteiger partial charge is 0.418 e. The van der Waals surface area contributed by atoms with Crippen LogP contribution in [0.5, 0.6) is 0 Å². The standard InChI is InChI=1S/C13H15F3N2O/c1-8(19)18-7-9(6-17)5-10-3-2-4-11(12(10)18)13(14,15)16/h2-4,9H,5-7,17H2,1H3. The van der Waals surface area contributed by atoms with Crippen molar-refractivity contribution in [2.45, 2.75) is 19.5 Å². The van der Waals surface area contributed by atoms with Gasteiger partial charge in [0.25, 0.3) is 0 Å². The van der Waals surface area contributed by atoms with Gasteiger partial charge in [-0.2, -0.15) is 13.2 Å². The van der Waals surface area contributed by atoms with E-state index in [1.807, 2.05) is 0 Å². The number of carbonyl (C=O) groups excluding carboxylic acids is 1. The highest BCUT2D eigenvalue weighted by atomic mass is 19.4. The molecular formula is C13H15F3N2O. The molecule has 2 N–H and O–H groups in total. The third kappa shape index (κ3) is 2.58. The second kappa shape index (κ2) is 4.85. The number of nitrogens with two attached hydrogens (primary N) is 1. The second-order valence-corrected chi connectivity index (χ2v) is 4.75. The van der Waals surface area contributed by atoms with Gasteiger partial charge in [-0.15, -0.1) is 0 Å². The van der Waals surface area contributed by atoms with Crippen LogP contribution in [0.2, 0.25) is 0 Å². The van der Waals surface area contributed by atoms with Crippen LogP contribution in [-0.4, -0.2) is 19.0 Å². The highest BCUT2D eigenvalue weighted by Crippen LogP contribution is 2.41. The third-order valence-corrected chi connectivity index (χ3v) is 3.36. The average molecular weight is 272 g/mol. The zero-order chi connectivity index (χ0) is 14.2. The molecule has 0 aliphatic carbocycles. The molecule has 1 atom stereocenters. The maximum atomic E-state index is 13.0. The van der Waals surface area contributed by atoms with Crippen LogP contribution in [0.1, 0.15) is 18.1 Å². The summed E-state index contributed by atoms with van der Waals surface area (Å²) in [6.45, 7) is 1.86. The molecule has 0 bridgehead atoms. The first-order valence-corrected chi connectivity index (χ1v) is 6.02. The van der Waals surface area contributed by atoms with E-state index >= 15 is 0 Å². The van der Waals surface area contributed by atoms with Crippen molar-refractivity contribution >= 4 is 11.6 Å². The Balaban J connectivity index is 2.58. The first-order chi connectivity index (χ1) is 8.84. The fraction of sp³-hybridized carbons (Fsp3) is 0.462. The number of benzene rings is 1. The van der Waals surface area contributed by atoms with Gasteiger partial charge < -0.3 is 10.6 Å². The van der Waals surface area contributed by atoms with Crippen LogP contribution >= 0.6 is 0 Å². The SMILES string of the molecule is CC(=O)N1CC(CN)Cc2cccc(C(F)(F)F)c21. The van der Waals surface area contributed by atoms with E-state index in [-0.39, 0.29) is 18.2 Å². The highest BCUT2D eigenvalue weighted by molar-refractivity contribution is 5.94. The number of nitrogens with zero attached hydrogens (tertiary/aromatic N) is 1. The van der Waals surface area contributed by atoms with E-state index in [1.54, 1.807) is 6.07 Å². The van der Waals surface area contributed by atoms with Crippen molar-refractivity contribution in [3.8, 4) is 0 Å². The van der Waals surface area contributed by atoms with Gasteiger partial charge in [-0.3, -0.25) is 4.79 Å². The van der Waals surface area contributed by atoms with Crippen LogP contribution in [0.3, 0.4) is 0 Å². The minimum absolute atomic E-state index is 0.000108. The smallest absolute Gasteiger partial charge is 0.330 e. The summed E-state index contributed by atoms with van der Waals surface area (Å²) in [5.74, 6) is -0.393. The van der Waals surface area contributed by atoms with Gasteiger partial charge in [0, 0.05) is 13.5 Å². The predicted molar refractivity (Wildman–Crippen MR) is 65.7 cm³/mol. The van der Waals surface area contributed by atoms with Gasteiger partial charge in [-0.1, -0.05) is 12.1 Å². The third-order valence-electron chi connectivity index (χ3n) is 3.36. The molecule has 1 amide bonds. The predicted octanol–water partition coefficient (Wildman–Crippen LogP) is 2.19. The molecule has 1 aromatic carbocycles. The van der Waals surface area contributed by atoms with Crippen molar-refractivity contribution in [1.82, 2.24) is 0 Å². The van der Waals surface area contributed by atoms with Crippen molar-refractivity contribution in [1.29, 1.82) is 0 Å². The Hall–Kier alpha value is -1.56. The molecule has 3 nitrogen and oxygen atoms in total. The van der Waals surface area contributed by atoms with Gasteiger partial charge in [-0.25, -0.2) is 0 Å². The van der Waals surface area contributed by atoms with Crippen LogP contribution in [0.15, 0.2) is 18.2 Å². The second-order valence-electron chi connectivity index (χ2n) is 4.75. The average Bonchev–Trinajstić information content (AvgIpc) is 2.35. The van der Waals surface area contributed by atoms with Crippen LogP contribution in [0.25, 0.3) is 0 Å². The molecule has 1 aromatic rings. The maximum Gasteiger partial charge on any atom is 0.418 e. The molecule has 1 aliphatic heterocycles. The number of para-hydroxylation sites is 1. The quantitative estimate of drug-likeness (QED) is 0.851. The molecule has 1 aliphatic rings. The van der Waals surface area contributed by atoms with E-state index in [9.17, 15) is 18.0 Å². The Morgan fingerprint density at radius 1 is 1.47 bits per heavy atom. The lowest BCUT2D eigenvalue weighted by atomic mass is 9.90. The Labute approximate surface area is 109 Å². The molecule has 0 spiro atoms. The molecule has 19 heavy (non-hydrogen) atoms. The van der Waals surface area contributed by atoms with Crippen LogP contribution in [0, 0.1) is 5.92 Å². The van der Waals surface area contributed by atoms with Gasteiger partial charge in [0.05, 0.1) is 11.3 Å². The lowest BCUT2D eigenvalue weighted by Crippen LogP contribution is -2.42. The fourth-order valence-corrected chi connectivity index (χ4v) is 2.47. The molecule has 1 unspecified atom stereocenters. The van der Waals surface area contributed by atoms with E-state index in [4.69, 9.17) is 5.73 Å². The zero-order valence-electron chi connectivity index (χ0n) is 10.5. The molecule has 1 heterocycles. The summed E-state index contributed by atoms with van der Waals surface area (Å²) in [4.78, 5) is 12.8. The van der Waals surface area contributed by atoms with Crippen molar-refractivity contribution in [3.05, 3.63) is 29.3 Å². The summed E-state index contributed by atoms with van der Waals surface area (Å²) >= 11 is 0. The van der Waals surface area contributed by atoms with Crippen LogP contribution in [0.4, 0.5) is 18.9 Å². The van der Waals surface area contributed by atoms with Gasteiger partial charge in [-0.05, 0) is 30.5 Å². The van der Waals surface area contributed by atoms with Crippen LogP contribution < -0.4 is 10.6 Å². The first-order valence-electron chi connectivity index (χ1n) is 6.02. The lowest BCUT2D eigenvalue weighted by molar-refractivity contribution is -0.137. The summed E-state index contributed by atoms with van der Waals surface area (Å²) in [5, 5.41) is 0. The molecule has 0 fully saturated rings. The van der Waals surface area contributed by atoms with Gasteiger partial charge in [0.15, 0.2) is 0 Å². The number of rotatable bonds is 1. The molecule has 6 heteroatoms. The Morgan fingerprint density at radius 2 is 2.16 bits per heavy atom. The highest BCUT2D eigenvalue weighted by Gasteiger charge is 2.39. The van der Waals surface area contributed by atoms with E-state index in [0.29, 0.717) is 18.5 Å². The number of fused-ring (bicyclic) bond motifs is 1. The number of carbonyl (C=O) groups is 1. The lowest BCUT2D eigenvalue weighted by Gasteiger charge is -2.35. The topological polar surface area (TPSA) is 46.3 Å². The van der Waals surface area contributed by atoms with Gasteiger partial charge in [0.2, 0.25) is 5.91 Å². The normalized spacial score (nSPS) is 19.2. The number of halogens is 3. The molecule has 2 rings (SSSR count). The van der Waals surface area contributed by atoms with Crippen molar-refractivity contribution in [3.63, 3.8) is 0 Å². The van der Waals surface area contributed by atoms with Crippen LogP contribution in [-0.2, 0) is 17.4 Å². The molecular weight excluding hydrogens is 257 g/mol. The van der Waals surface area contributed by atoms with E-state index in [2.05, 4.69) is 0 Å². The van der Waals surface area contributed by atoms with Crippen molar-refractivity contribution in [2.75, 3.05) is 18.0 Å². The summed E-state index contributed by atoms with van der Waals surface area (Å²) in [6.07, 6.45) is -3.99. The minimum atomic E-state index is -4.46. The zero-order valence-corrected chi connectivity index (χ0v) is 10.5. The summed E-state index contributed by atoms with van der Waals surface area (Å²) in [6, 6.07) is 4.01. The van der Waals surface area contributed by atoms with Gasteiger partial charge >= 0.3 is 6.18 Å². The van der Waals surface area contributed by atoms with Crippen molar-refractivity contribution in [2.24, 2.45) is 11.7 Å². The number of hydrogen-bond acceptors (Lipinski definition) is 2. The summed E-state index contributed by atoms with van der Waals surface area (Å²) < 4.78 is 39.1. The number of alkyl halides is 3. The van der Waals surface area contributed by atoms with E-state index in [0.717, 1.165) is 6.07 Å². The molecule has 0 saturated carbocycles. The molecule has 104 valence electrons.